The number of hydrogen-bond donors (Lipinski definition) is 4. The third-order valence-corrected chi connectivity index (χ3v) is 4.41. The Morgan fingerprint density at radius 3 is 2.68 bits per heavy atom. The Labute approximate surface area is 160 Å². The molecule has 1 aliphatic rings. The number of benzene rings is 2. The zero-order valence-electron chi connectivity index (χ0n) is 14.8. The summed E-state index contributed by atoms with van der Waals surface area (Å²) in [5.74, 6) is -0.459. The first-order valence-corrected chi connectivity index (χ1v) is 8.55. The molecule has 0 radical (unpaired) electrons. The standard InChI is InChI=1S/C21H17N5O2/c22-20(27)13-3-1-2-12(6-13)14-7-17(24-10-14)8-15-11-25-19-5-4-16(9-18(15)19)26-21(23)28/h1-11,24H,(H2,22,27)(H3,23,26,28). The lowest BCUT2D eigenvalue weighted by molar-refractivity contribution is 0.100. The van der Waals surface area contributed by atoms with E-state index in [4.69, 9.17) is 11.5 Å². The molecule has 7 heteroatoms. The van der Waals surface area contributed by atoms with Crippen molar-refractivity contribution in [3.63, 3.8) is 0 Å². The molecule has 0 saturated heterocycles. The number of carbonyl (C=O) groups is 2. The van der Waals surface area contributed by atoms with Gasteiger partial charge < -0.3 is 21.8 Å². The van der Waals surface area contributed by atoms with Crippen molar-refractivity contribution < 1.29 is 9.59 Å². The number of nitrogens with one attached hydrogen (secondary N) is 2. The second-order valence-electron chi connectivity index (χ2n) is 6.37. The predicted molar refractivity (Wildman–Crippen MR) is 110 cm³/mol. The van der Waals surface area contributed by atoms with E-state index >= 15 is 0 Å². The Bertz CT molecular complexity index is 1160. The van der Waals surface area contributed by atoms with Crippen molar-refractivity contribution in [3.8, 4) is 11.1 Å². The fraction of sp³-hybridized carbons (Fsp3) is 0. The summed E-state index contributed by atoms with van der Waals surface area (Å²) in [5, 5.41) is 2.57. The molecule has 1 aromatic heterocycles. The van der Waals surface area contributed by atoms with Crippen LogP contribution in [0.1, 0.15) is 21.6 Å². The van der Waals surface area contributed by atoms with Gasteiger partial charge in [-0.3, -0.25) is 9.79 Å². The highest BCUT2D eigenvalue weighted by Gasteiger charge is 2.14. The number of urea groups is 1. The van der Waals surface area contributed by atoms with E-state index in [1.165, 1.54) is 0 Å². The average molecular weight is 371 g/mol. The molecule has 7 nitrogen and oxygen atoms in total. The van der Waals surface area contributed by atoms with Gasteiger partial charge in [-0.05, 0) is 53.6 Å². The topological polar surface area (TPSA) is 126 Å². The van der Waals surface area contributed by atoms with Crippen LogP contribution in [0.3, 0.4) is 0 Å². The van der Waals surface area contributed by atoms with Gasteiger partial charge in [0, 0.05) is 40.5 Å². The smallest absolute Gasteiger partial charge is 0.316 e. The van der Waals surface area contributed by atoms with E-state index < -0.39 is 11.9 Å². The van der Waals surface area contributed by atoms with Gasteiger partial charge in [0.15, 0.2) is 0 Å². The second-order valence-corrected chi connectivity index (χ2v) is 6.37. The largest absolute Gasteiger partial charge is 0.366 e. The maximum atomic E-state index is 11.4. The van der Waals surface area contributed by atoms with Crippen LogP contribution in [0.15, 0.2) is 59.7 Å². The van der Waals surface area contributed by atoms with Gasteiger partial charge in [-0.15, -0.1) is 0 Å². The number of fused-ring (bicyclic) bond motifs is 1. The number of rotatable bonds is 4. The quantitative estimate of drug-likeness (QED) is 0.560. The summed E-state index contributed by atoms with van der Waals surface area (Å²) >= 11 is 0. The molecule has 1 aliphatic heterocycles. The molecule has 2 aromatic carbocycles. The molecule has 3 amide bonds. The fourth-order valence-corrected chi connectivity index (χ4v) is 3.11. The Hall–Kier alpha value is -4.13. The number of carbonyl (C=O) groups excluding carboxylic acids is 2. The predicted octanol–water partition coefficient (Wildman–Crippen LogP) is 3.53. The molecular formula is C21H17N5O2. The Morgan fingerprint density at radius 2 is 1.89 bits per heavy atom. The Balaban J connectivity index is 1.64. The van der Waals surface area contributed by atoms with Crippen LogP contribution >= 0.6 is 0 Å². The van der Waals surface area contributed by atoms with Crippen molar-refractivity contribution in [2.75, 3.05) is 5.32 Å². The summed E-state index contributed by atoms with van der Waals surface area (Å²) in [4.78, 5) is 30.1. The first-order valence-electron chi connectivity index (χ1n) is 8.55. The molecule has 2 heterocycles. The fourth-order valence-electron chi connectivity index (χ4n) is 3.11. The van der Waals surface area contributed by atoms with Gasteiger partial charge in [0.1, 0.15) is 0 Å². The van der Waals surface area contributed by atoms with Crippen molar-refractivity contribution >= 4 is 41.2 Å². The van der Waals surface area contributed by atoms with Gasteiger partial charge in [-0.2, -0.15) is 0 Å². The van der Waals surface area contributed by atoms with Crippen LogP contribution in [-0.4, -0.2) is 23.1 Å². The van der Waals surface area contributed by atoms with E-state index in [1.807, 2.05) is 36.5 Å². The number of H-pyrrole nitrogens is 1. The minimum atomic E-state index is -0.614. The highest BCUT2D eigenvalue weighted by Crippen LogP contribution is 2.35. The summed E-state index contributed by atoms with van der Waals surface area (Å²) in [6, 6.07) is 13.9. The van der Waals surface area contributed by atoms with E-state index in [1.54, 1.807) is 30.5 Å². The number of hydrogen-bond acceptors (Lipinski definition) is 3. The molecule has 0 bridgehead atoms. The molecule has 0 atom stereocenters. The number of amides is 3. The van der Waals surface area contributed by atoms with Gasteiger partial charge in [0.2, 0.25) is 5.91 Å². The number of aliphatic imine (C=N–C) groups is 1. The van der Waals surface area contributed by atoms with E-state index in [2.05, 4.69) is 15.3 Å². The van der Waals surface area contributed by atoms with E-state index in [-0.39, 0.29) is 0 Å². The first kappa shape index (κ1) is 17.3. The highest BCUT2D eigenvalue weighted by atomic mass is 16.2. The molecule has 4 rings (SSSR count). The van der Waals surface area contributed by atoms with Crippen LogP contribution in [0.25, 0.3) is 22.8 Å². The summed E-state index contributed by atoms with van der Waals surface area (Å²) in [7, 11) is 0. The van der Waals surface area contributed by atoms with Crippen molar-refractivity contribution in [1.82, 2.24) is 4.98 Å². The highest BCUT2D eigenvalue weighted by molar-refractivity contribution is 6.21. The third kappa shape index (κ3) is 3.41. The monoisotopic (exact) mass is 371 g/mol. The third-order valence-electron chi connectivity index (χ3n) is 4.41. The van der Waals surface area contributed by atoms with Gasteiger partial charge in [-0.1, -0.05) is 12.1 Å². The average Bonchev–Trinajstić information content (AvgIpc) is 3.29. The van der Waals surface area contributed by atoms with Crippen molar-refractivity contribution in [1.29, 1.82) is 0 Å². The molecule has 28 heavy (non-hydrogen) atoms. The van der Waals surface area contributed by atoms with Gasteiger partial charge in [0.05, 0.1) is 5.69 Å². The summed E-state index contributed by atoms with van der Waals surface area (Å²) in [5.41, 5.74) is 17.0. The Kier molecular flexibility index (Phi) is 4.25. The number of primary amides is 2. The molecular weight excluding hydrogens is 354 g/mol. The molecule has 138 valence electrons. The lowest BCUT2D eigenvalue weighted by Crippen LogP contribution is -2.19. The lowest BCUT2D eigenvalue weighted by atomic mass is 10.0. The van der Waals surface area contributed by atoms with Crippen molar-refractivity contribution in [2.24, 2.45) is 16.5 Å². The number of nitrogens with zero attached hydrogens (tertiary/aromatic N) is 1. The first-order chi connectivity index (χ1) is 13.5. The van der Waals surface area contributed by atoms with Crippen LogP contribution in [0, 0.1) is 0 Å². The zero-order chi connectivity index (χ0) is 19.7. The SMILES string of the molecule is NC(=O)Nc1ccc2c(c1)C(=Cc1cc(-c3cccc(C(N)=O)c3)c[nH]1)C=N2. The molecule has 3 aromatic rings. The number of nitrogens with two attached hydrogens (primary N) is 2. The van der Waals surface area contributed by atoms with Crippen LogP contribution in [0.2, 0.25) is 0 Å². The maximum Gasteiger partial charge on any atom is 0.316 e. The number of anilines is 1. The second kappa shape index (κ2) is 6.88. The molecule has 0 spiro atoms. The van der Waals surface area contributed by atoms with Gasteiger partial charge in [-0.25, -0.2) is 4.79 Å². The van der Waals surface area contributed by atoms with Crippen molar-refractivity contribution in [3.05, 3.63) is 71.5 Å². The van der Waals surface area contributed by atoms with E-state index in [0.29, 0.717) is 11.3 Å². The lowest BCUT2D eigenvalue weighted by Gasteiger charge is -2.05. The molecule has 0 aliphatic carbocycles. The molecule has 0 saturated carbocycles. The van der Waals surface area contributed by atoms with Gasteiger partial charge in [0.25, 0.3) is 0 Å². The van der Waals surface area contributed by atoms with Crippen molar-refractivity contribution in [2.45, 2.75) is 0 Å². The van der Waals surface area contributed by atoms with Crippen LogP contribution in [0.4, 0.5) is 16.2 Å². The molecule has 6 N–H and O–H groups in total. The van der Waals surface area contributed by atoms with E-state index in [0.717, 1.165) is 33.6 Å². The number of aromatic nitrogens is 1. The van der Waals surface area contributed by atoms with E-state index in [9.17, 15) is 9.59 Å². The summed E-state index contributed by atoms with van der Waals surface area (Å²) < 4.78 is 0. The minimum absolute atomic E-state index is 0.459. The van der Waals surface area contributed by atoms with Gasteiger partial charge >= 0.3 is 6.03 Å². The van der Waals surface area contributed by atoms with Crippen LogP contribution in [-0.2, 0) is 0 Å². The molecule has 0 fully saturated rings. The summed E-state index contributed by atoms with van der Waals surface area (Å²) in [6.45, 7) is 0. The number of allylic oxidation sites excluding steroid dienone is 1. The normalized spacial score (nSPS) is 13.5. The maximum absolute atomic E-state index is 11.4. The summed E-state index contributed by atoms with van der Waals surface area (Å²) in [6.07, 6.45) is 5.60. The van der Waals surface area contributed by atoms with Crippen LogP contribution < -0.4 is 16.8 Å². The molecule has 0 unspecified atom stereocenters. The van der Waals surface area contributed by atoms with Crippen LogP contribution in [0.5, 0.6) is 0 Å². The Morgan fingerprint density at radius 1 is 1.04 bits per heavy atom. The number of aromatic amines is 1. The zero-order valence-corrected chi connectivity index (χ0v) is 14.8. The minimum Gasteiger partial charge on any atom is -0.366 e.